The Hall–Kier alpha value is -2.14. The van der Waals surface area contributed by atoms with Gasteiger partial charge in [-0.3, -0.25) is 13.8 Å². The van der Waals surface area contributed by atoms with Crippen molar-refractivity contribution >= 4 is 17.2 Å². The minimum Gasteiger partial charge on any atom is -0.281 e. The molecule has 90 valence electrons. The Labute approximate surface area is 107 Å². The molecule has 6 heteroatoms. The lowest BCUT2D eigenvalue weighted by molar-refractivity contribution is 0.937. The van der Waals surface area contributed by atoms with Crippen LogP contribution in [0.4, 0.5) is 0 Å². The van der Waals surface area contributed by atoms with E-state index in [2.05, 4.69) is 10.2 Å². The number of nitrogens with zero attached hydrogens (tertiary/aromatic N) is 4. The van der Waals surface area contributed by atoms with Crippen molar-refractivity contribution < 1.29 is 0 Å². The molecule has 0 atom stereocenters. The third kappa shape index (κ3) is 1.60. The quantitative estimate of drug-likeness (QED) is 0.671. The first-order chi connectivity index (χ1) is 8.66. The molecule has 2 heterocycles. The molecular weight excluding hydrogens is 252 g/mol. The molecule has 0 aliphatic heterocycles. The van der Waals surface area contributed by atoms with Crippen molar-refractivity contribution in [3.8, 4) is 5.69 Å². The van der Waals surface area contributed by atoms with Crippen LogP contribution in [0.25, 0.3) is 11.3 Å². The number of aromatic nitrogens is 4. The lowest BCUT2D eigenvalue weighted by atomic mass is 10.3. The molecule has 18 heavy (non-hydrogen) atoms. The average molecular weight is 261 g/mol. The molecule has 0 saturated heterocycles. The fourth-order valence-corrected chi connectivity index (χ4v) is 1.93. The molecule has 0 N–H and O–H groups in total. The van der Waals surface area contributed by atoms with E-state index >= 15 is 0 Å². The van der Waals surface area contributed by atoms with Gasteiger partial charge in [-0.25, -0.2) is 0 Å². The second-order valence-electron chi connectivity index (χ2n) is 3.89. The second kappa shape index (κ2) is 3.96. The smallest absolute Gasteiger partial charge is 0.281 e. The van der Waals surface area contributed by atoms with Crippen LogP contribution in [-0.4, -0.2) is 19.2 Å². The zero-order chi connectivity index (χ0) is 12.7. The first kappa shape index (κ1) is 11.0. The highest BCUT2D eigenvalue weighted by molar-refractivity contribution is 6.30. The number of aryl methyl sites for hydroxylation is 1. The maximum atomic E-state index is 12.2. The van der Waals surface area contributed by atoms with E-state index in [1.165, 1.54) is 4.57 Å². The second-order valence-corrected chi connectivity index (χ2v) is 4.33. The van der Waals surface area contributed by atoms with Crippen molar-refractivity contribution in [3.05, 3.63) is 57.9 Å². The van der Waals surface area contributed by atoms with Crippen LogP contribution >= 0.6 is 11.6 Å². The molecule has 0 aliphatic rings. The molecule has 1 aromatic carbocycles. The van der Waals surface area contributed by atoms with E-state index < -0.39 is 0 Å². The molecule has 0 unspecified atom stereocenters. The molecule has 0 saturated carbocycles. The van der Waals surface area contributed by atoms with Crippen molar-refractivity contribution in [2.75, 3.05) is 0 Å². The van der Waals surface area contributed by atoms with Crippen LogP contribution in [0.2, 0.25) is 5.02 Å². The van der Waals surface area contributed by atoms with Gasteiger partial charge in [-0.1, -0.05) is 11.6 Å². The van der Waals surface area contributed by atoms with Gasteiger partial charge < -0.3 is 0 Å². The molecule has 0 spiro atoms. The van der Waals surface area contributed by atoms with Gasteiger partial charge in [-0.05, 0) is 31.2 Å². The standard InChI is InChI=1S/C12H9ClN4O/c1-8-14-15-11-12(18)17(7-6-16(8)11)10-4-2-9(13)3-5-10/h2-7H,1H3. The third-order valence-corrected chi connectivity index (χ3v) is 3.00. The Morgan fingerprint density at radius 3 is 2.56 bits per heavy atom. The van der Waals surface area contributed by atoms with E-state index in [0.717, 1.165) is 5.69 Å². The predicted octanol–water partition coefficient (Wildman–Crippen LogP) is 1.84. The van der Waals surface area contributed by atoms with E-state index in [1.54, 1.807) is 48.0 Å². The number of halogens is 1. The van der Waals surface area contributed by atoms with Crippen LogP contribution in [-0.2, 0) is 0 Å². The van der Waals surface area contributed by atoms with Crippen LogP contribution < -0.4 is 5.56 Å². The van der Waals surface area contributed by atoms with Gasteiger partial charge in [-0.15, -0.1) is 10.2 Å². The van der Waals surface area contributed by atoms with Gasteiger partial charge in [0.15, 0.2) is 0 Å². The highest BCUT2D eigenvalue weighted by Crippen LogP contribution is 2.12. The Kier molecular flexibility index (Phi) is 2.41. The summed E-state index contributed by atoms with van der Waals surface area (Å²) in [5.41, 5.74) is 0.845. The summed E-state index contributed by atoms with van der Waals surface area (Å²) in [6, 6.07) is 7.04. The van der Waals surface area contributed by atoms with Gasteiger partial charge in [0.2, 0.25) is 5.65 Å². The number of rotatable bonds is 1. The van der Waals surface area contributed by atoms with Crippen molar-refractivity contribution in [1.29, 1.82) is 0 Å². The predicted molar refractivity (Wildman–Crippen MR) is 68.3 cm³/mol. The first-order valence-electron chi connectivity index (χ1n) is 5.36. The number of hydrogen-bond acceptors (Lipinski definition) is 3. The van der Waals surface area contributed by atoms with Gasteiger partial charge in [0.25, 0.3) is 0 Å². The molecule has 5 nitrogen and oxygen atoms in total. The summed E-state index contributed by atoms with van der Waals surface area (Å²) in [6.45, 7) is 1.80. The fourth-order valence-electron chi connectivity index (χ4n) is 1.81. The normalized spacial score (nSPS) is 11.0. The van der Waals surface area contributed by atoms with E-state index in [0.29, 0.717) is 16.5 Å². The van der Waals surface area contributed by atoms with E-state index in [1.807, 2.05) is 0 Å². The van der Waals surface area contributed by atoms with Gasteiger partial charge >= 0.3 is 5.56 Å². The van der Waals surface area contributed by atoms with Gasteiger partial charge in [0, 0.05) is 23.1 Å². The molecule has 0 fully saturated rings. The zero-order valence-corrected chi connectivity index (χ0v) is 10.3. The Bertz CT molecular complexity index is 773. The highest BCUT2D eigenvalue weighted by Gasteiger charge is 2.08. The summed E-state index contributed by atoms with van der Waals surface area (Å²) in [5.74, 6) is 0.686. The fraction of sp³-hybridized carbons (Fsp3) is 0.0833. The van der Waals surface area contributed by atoms with Crippen LogP contribution in [0.15, 0.2) is 41.5 Å². The average Bonchev–Trinajstić information content (AvgIpc) is 2.74. The third-order valence-electron chi connectivity index (χ3n) is 2.75. The van der Waals surface area contributed by atoms with Gasteiger partial charge in [0.1, 0.15) is 5.82 Å². The van der Waals surface area contributed by atoms with E-state index in [9.17, 15) is 4.79 Å². The van der Waals surface area contributed by atoms with Crippen molar-refractivity contribution in [1.82, 2.24) is 19.2 Å². The maximum Gasteiger partial charge on any atom is 0.300 e. The minimum absolute atomic E-state index is 0.208. The first-order valence-corrected chi connectivity index (χ1v) is 5.73. The Morgan fingerprint density at radius 2 is 1.83 bits per heavy atom. The topological polar surface area (TPSA) is 52.2 Å². The van der Waals surface area contributed by atoms with Crippen molar-refractivity contribution in [2.24, 2.45) is 0 Å². The van der Waals surface area contributed by atoms with E-state index in [4.69, 9.17) is 11.6 Å². The van der Waals surface area contributed by atoms with Gasteiger partial charge in [0.05, 0.1) is 0 Å². The lowest BCUT2D eigenvalue weighted by Gasteiger charge is -2.05. The van der Waals surface area contributed by atoms with Crippen molar-refractivity contribution in [2.45, 2.75) is 6.92 Å². The number of hydrogen-bond donors (Lipinski definition) is 0. The zero-order valence-electron chi connectivity index (χ0n) is 9.54. The molecule has 3 aromatic rings. The summed E-state index contributed by atoms with van der Waals surface area (Å²) in [5, 5.41) is 8.39. The summed E-state index contributed by atoms with van der Waals surface area (Å²) >= 11 is 5.82. The van der Waals surface area contributed by atoms with Crippen LogP contribution in [0.3, 0.4) is 0 Å². The summed E-state index contributed by atoms with van der Waals surface area (Å²) < 4.78 is 3.18. The molecule has 0 radical (unpaired) electrons. The maximum absolute atomic E-state index is 12.2. The summed E-state index contributed by atoms with van der Waals surface area (Å²) in [6.07, 6.45) is 3.45. The lowest BCUT2D eigenvalue weighted by Crippen LogP contribution is -2.20. The monoisotopic (exact) mass is 260 g/mol. The largest absolute Gasteiger partial charge is 0.300 e. The molecule has 3 rings (SSSR count). The number of fused-ring (bicyclic) bond motifs is 1. The summed E-state index contributed by atoms with van der Waals surface area (Å²) in [7, 11) is 0. The molecule has 0 aliphatic carbocycles. The van der Waals surface area contributed by atoms with Crippen LogP contribution in [0.5, 0.6) is 0 Å². The Balaban J connectivity index is 2.27. The minimum atomic E-state index is -0.208. The Morgan fingerprint density at radius 1 is 1.11 bits per heavy atom. The molecule has 0 bridgehead atoms. The van der Waals surface area contributed by atoms with E-state index in [-0.39, 0.29) is 5.56 Å². The van der Waals surface area contributed by atoms with Gasteiger partial charge in [-0.2, -0.15) is 0 Å². The van der Waals surface area contributed by atoms with Crippen LogP contribution in [0, 0.1) is 6.92 Å². The molecular formula is C12H9ClN4O. The van der Waals surface area contributed by atoms with Crippen LogP contribution in [0.1, 0.15) is 5.82 Å². The molecule has 0 amide bonds. The number of benzene rings is 1. The molecule has 2 aromatic heterocycles. The SMILES string of the molecule is Cc1nnc2c(=O)n(-c3ccc(Cl)cc3)ccn12. The van der Waals surface area contributed by atoms with Crippen molar-refractivity contribution in [3.63, 3.8) is 0 Å². The highest BCUT2D eigenvalue weighted by atomic mass is 35.5. The summed E-state index contributed by atoms with van der Waals surface area (Å²) in [4.78, 5) is 12.2.